The summed E-state index contributed by atoms with van der Waals surface area (Å²) < 4.78 is 26.6. The van der Waals surface area contributed by atoms with Gasteiger partial charge >= 0.3 is 0 Å². The molecule has 104 valence electrons. The molecule has 0 amide bonds. The van der Waals surface area contributed by atoms with Crippen LogP contribution in [0.4, 0.5) is 5.13 Å². The van der Waals surface area contributed by atoms with E-state index in [1.54, 1.807) is 13.8 Å². The lowest BCUT2D eigenvalue weighted by Gasteiger charge is -2.22. The van der Waals surface area contributed by atoms with Crippen LogP contribution in [-0.4, -0.2) is 35.3 Å². The summed E-state index contributed by atoms with van der Waals surface area (Å²) in [4.78, 5) is 4.37. The number of rotatable bonds is 4. The van der Waals surface area contributed by atoms with Crippen molar-refractivity contribution in [3.63, 3.8) is 0 Å². The molecule has 0 atom stereocenters. The Labute approximate surface area is 113 Å². The summed E-state index contributed by atoms with van der Waals surface area (Å²) in [7, 11) is -3.10. The van der Waals surface area contributed by atoms with Crippen LogP contribution < -0.4 is 5.32 Å². The number of nitrogens with one attached hydrogen (secondary N) is 1. The first-order chi connectivity index (χ1) is 7.93. The largest absolute Gasteiger partial charge is 0.359 e. The lowest BCUT2D eigenvalue weighted by Crippen LogP contribution is -2.38. The molecule has 0 saturated heterocycles. The summed E-state index contributed by atoms with van der Waals surface area (Å²) in [6.45, 7) is 9.84. The maximum Gasteiger partial charge on any atom is 0.202 e. The number of nitrogens with zero attached hydrogens (tertiary/aromatic N) is 2. The number of hydrogen-bond acceptors (Lipinski definition) is 6. The van der Waals surface area contributed by atoms with Crippen LogP contribution in [0.15, 0.2) is 0 Å². The number of sulfone groups is 1. The van der Waals surface area contributed by atoms with E-state index in [0.29, 0.717) is 11.7 Å². The highest BCUT2D eigenvalue weighted by atomic mass is 32.2. The molecule has 1 aromatic heterocycles. The SMILES string of the molecule is CC(C)(C)c1nsc(NCC(C)(C)S(C)(=O)=O)n1. The third-order valence-electron chi connectivity index (χ3n) is 2.77. The van der Waals surface area contributed by atoms with Crippen LogP contribution in [0.1, 0.15) is 40.4 Å². The van der Waals surface area contributed by atoms with E-state index in [4.69, 9.17) is 0 Å². The Kier molecular flexibility index (Phi) is 4.07. The molecule has 0 radical (unpaired) electrons. The first kappa shape index (κ1) is 15.4. The van der Waals surface area contributed by atoms with Crippen molar-refractivity contribution in [1.82, 2.24) is 9.36 Å². The third kappa shape index (κ3) is 3.65. The molecule has 5 nitrogen and oxygen atoms in total. The standard InChI is InChI=1S/C11H21N3O2S2/c1-10(2,3)8-13-9(17-14-8)12-7-11(4,5)18(6,15)16/h7H2,1-6H3,(H,12,13,14). The van der Waals surface area contributed by atoms with Crippen molar-refractivity contribution in [3.05, 3.63) is 5.82 Å². The first-order valence-corrected chi connectivity index (χ1v) is 8.38. The lowest BCUT2D eigenvalue weighted by atomic mass is 9.96. The molecule has 0 unspecified atom stereocenters. The Morgan fingerprint density at radius 1 is 1.22 bits per heavy atom. The van der Waals surface area contributed by atoms with E-state index in [1.165, 1.54) is 17.8 Å². The van der Waals surface area contributed by atoms with Gasteiger partial charge in [-0.3, -0.25) is 0 Å². The summed E-state index contributed by atoms with van der Waals surface area (Å²) in [6, 6.07) is 0. The molecule has 0 bridgehead atoms. The smallest absolute Gasteiger partial charge is 0.202 e. The van der Waals surface area contributed by atoms with Crippen LogP contribution in [0.3, 0.4) is 0 Å². The fourth-order valence-electron chi connectivity index (χ4n) is 1.02. The van der Waals surface area contributed by atoms with Crippen molar-refractivity contribution < 1.29 is 8.42 Å². The molecule has 1 heterocycles. The average Bonchev–Trinajstić information content (AvgIpc) is 2.60. The number of aromatic nitrogens is 2. The molecule has 0 spiro atoms. The van der Waals surface area contributed by atoms with Gasteiger partial charge in [0.25, 0.3) is 0 Å². The first-order valence-electron chi connectivity index (χ1n) is 5.71. The van der Waals surface area contributed by atoms with Gasteiger partial charge in [0.15, 0.2) is 9.84 Å². The summed E-state index contributed by atoms with van der Waals surface area (Å²) in [6.07, 6.45) is 1.25. The van der Waals surface area contributed by atoms with Gasteiger partial charge in [-0.1, -0.05) is 20.8 Å². The molecule has 18 heavy (non-hydrogen) atoms. The van der Waals surface area contributed by atoms with Crippen molar-refractivity contribution in [2.75, 3.05) is 18.1 Å². The van der Waals surface area contributed by atoms with E-state index in [2.05, 4.69) is 14.7 Å². The van der Waals surface area contributed by atoms with Crippen LogP contribution in [0.5, 0.6) is 0 Å². The maximum absolute atomic E-state index is 11.6. The fourth-order valence-corrected chi connectivity index (χ4v) is 2.11. The van der Waals surface area contributed by atoms with Crippen molar-refractivity contribution in [2.24, 2.45) is 0 Å². The van der Waals surface area contributed by atoms with Crippen molar-refractivity contribution in [2.45, 2.75) is 44.8 Å². The van der Waals surface area contributed by atoms with Crippen LogP contribution in [-0.2, 0) is 15.3 Å². The maximum atomic E-state index is 11.6. The minimum absolute atomic E-state index is 0.0945. The predicted molar refractivity (Wildman–Crippen MR) is 76.0 cm³/mol. The van der Waals surface area contributed by atoms with Gasteiger partial charge in [0.1, 0.15) is 5.82 Å². The van der Waals surface area contributed by atoms with Gasteiger partial charge in [0.2, 0.25) is 5.13 Å². The minimum atomic E-state index is -3.10. The number of anilines is 1. The normalized spacial score (nSPS) is 13.7. The molecule has 0 fully saturated rings. The second-order valence-electron chi connectivity index (χ2n) is 6.06. The van der Waals surface area contributed by atoms with Gasteiger partial charge in [-0.15, -0.1) is 0 Å². The van der Waals surface area contributed by atoms with Gasteiger partial charge in [-0.25, -0.2) is 13.4 Å². The molecule has 0 aliphatic rings. The van der Waals surface area contributed by atoms with E-state index >= 15 is 0 Å². The minimum Gasteiger partial charge on any atom is -0.359 e. The summed E-state index contributed by atoms with van der Waals surface area (Å²) in [5.74, 6) is 0.771. The highest BCUT2D eigenvalue weighted by molar-refractivity contribution is 7.92. The average molecular weight is 291 g/mol. The predicted octanol–water partition coefficient (Wildman–Crippen LogP) is 2.07. The topological polar surface area (TPSA) is 72.0 Å². The van der Waals surface area contributed by atoms with Crippen LogP contribution >= 0.6 is 11.5 Å². The second-order valence-corrected chi connectivity index (χ2v) is 9.46. The third-order valence-corrected chi connectivity index (χ3v) is 5.59. The van der Waals surface area contributed by atoms with Crippen LogP contribution in [0.2, 0.25) is 0 Å². The monoisotopic (exact) mass is 291 g/mol. The Hall–Kier alpha value is -0.690. The lowest BCUT2D eigenvalue weighted by molar-refractivity contribution is 0.553. The van der Waals surface area contributed by atoms with Gasteiger partial charge in [-0.2, -0.15) is 4.37 Å². The second kappa shape index (κ2) is 4.77. The van der Waals surface area contributed by atoms with Crippen LogP contribution in [0, 0.1) is 0 Å². The Bertz CT molecular complexity index is 513. The van der Waals surface area contributed by atoms with Gasteiger partial charge in [-0.05, 0) is 13.8 Å². The molecule has 1 aromatic rings. The fraction of sp³-hybridized carbons (Fsp3) is 0.818. The Balaban J connectivity index is 2.74. The zero-order valence-corrected chi connectivity index (χ0v) is 13.4. The van der Waals surface area contributed by atoms with E-state index in [0.717, 1.165) is 5.82 Å². The van der Waals surface area contributed by atoms with Gasteiger partial charge in [0, 0.05) is 29.7 Å². The molecule has 0 aliphatic carbocycles. The highest BCUT2D eigenvalue weighted by Crippen LogP contribution is 2.24. The molecule has 0 saturated carbocycles. The number of hydrogen-bond donors (Lipinski definition) is 1. The Morgan fingerprint density at radius 2 is 1.78 bits per heavy atom. The molecular formula is C11H21N3O2S2. The van der Waals surface area contributed by atoms with Gasteiger partial charge < -0.3 is 5.32 Å². The molecule has 1 rings (SSSR count). The molecule has 0 aliphatic heterocycles. The van der Waals surface area contributed by atoms with Crippen LogP contribution in [0.25, 0.3) is 0 Å². The van der Waals surface area contributed by atoms with E-state index in [-0.39, 0.29) is 5.41 Å². The molecule has 1 N–H and O–H groups in total. The summed E-state index contributed by atoms with van der Waals surface area (Å²) in [5.41, 5.74) is -0.0945. The van der Waals surface area contributed by atoms with E-state index < -0.39 is 14.6 Å². The molecule has 0 aromatic carbocycles. The quantitative estimate of drug-likeness (QED) is 0.919. The van der Waals surface area contributed by atoms with E-state index in [1.807, 2.05) is 20.8 Å². The van der Waals surface area contributed by atoms with E-state index in [9.17, 15) is 8.42 Å². The van der Waals surface area contributed by atoms with Crippen molar-refractivity contribution in [1.29, 1.82) is 0 Å². The highest BCUT2D eigenvalue weighted by Gasteiger charge is 2.30. The molecular weight excluding hydrogens is 270 g/mol. The van der Waals surface area contributed by atoms with Gasteiger partial charge in [0.05, 0.1) is 4.75 Å². The summed E-state index contributed by atoms with van der Waals surface area (Å²) >= 11 is 1.26. The zero-order chi connectivity index (χ0) is 14.2. The zero-order valence-electron chi connectivity index (χ0n) is 11.7. The molecule has 7 heteroatoms. The van der Waals surface area contributed by atoms with Crippen molar-refractivity contribution in [3.8, 4) is 0 Å². The Morgan fingerprint density at radius 3 is 2.17 bits per heavy atom. The van der Waals surface area contributed by atoms with Crippen molar-refractivity contribution >= 4 is 26.5 Å². The summed E-state index contributed by atoms with van der Waals surface area (Å²) in [5, 5.41) is 3.71.